The molecule has 0 aliphatic carbocycles. The van der Waals surface area contributed by atoms with Gasteiger partial charge in [0.1, 0.15) is 11.6 Å². The molecule has 3 aromatic rings. The fraction of sp³-hybridized carbons (Fsp3) is 0.200. The predicted octanol–water partition coefficient (Wildman–Crippen LogP) is 4.45. The molecule has 1 aromatic heterocycles. The van der Waals surface area contributed by atoms with E-state index in [-0.39, 0.29) is 5.56 Å². The lowest BCUT2D eigenvalue weighted by atomic mass is 9.89. The Balaban J connectivity index is 2.01. The zero-order chi connectivity index (χ0) is 18.8. The van der Waals surface area contributed by atoms with Crippen molar-refractivity contribution in [3.8, 4) is 0 Å². The minimum absolute atomic E-state index is 0.312. The summed E-state index contributed by atoms with van der Waals surface area (Å²) >= 11 is 0. The number of carbonyl (C=O) groups is 2. The molecule has 0 spiro atoms. The monoisotopic (exact) mass is 357 g/mol. The molecule has 0 aliphatic heterocycles. The van der Waals surface area contributed by atoms with Crippen LogP contribution in [0, 0.1) is 11.6 Å². The zero-order valence-corrected chi connectivity index (χ0v) is 14.1. The van der Waals surface area contributed by atoms with Gasteiger partial charge in [-0.3, -0.25) is 9.59 Å². The molecular formula is C20H17F2NO3. The number of aryl methyl sites for hydroxylation is 1. The van der Waals surface area contributed by atoms with Crippen molar-refractivity contribution in [3.63, 3.8) is 0 Å². The smallest absolute Gasteiger partial charge is 0.311 e. The van der Waals surface area contributed by atoms with Crippen LogP contribution in [0.2, 0.25) is 0 Å². The Kier molecular flexibility index (Phi) is 4.84. The van der Waals surface area contributed by atoms with Crippen LogP contribution in [0.15, 0.2) is 42.6 Å². The summed E-state index contributed by atoms with van der Waals surface area (Å²) in [4.78, 5) is 27.3. The molecule has 1 unspecified atom stereocenters. The first-order chi connectivity index (χ1) is 12.4. The molecule has 0 amide bonds. The number of ketones is 1. The van der Waals surface area contributed by atoms with Gasteiger partial charge in [-0.2, -0.15) is 0 Å². The van der Waals surface area contributed by atoms with Gasteiger partial charge in [0, 0.05) is 29.6 Å². The van der Waals surface area contributed by atoms with Crippen LogP contribution in [-0.2, 0) is 11.2 Å². The number of carboxylic acid groups (broad SMARTS) is 1. The van der Waals surface area contributed by atoms with E-state index in [2.05, 4.69) is 4.98 Å². The maximum Gasteiger partial charge on any atom is 0.311 e. The Morgan fingerprint density at radius 3 is 2.62 bits per heavy atom. The maximum atomic E-state index is 13.9. The highest BCUT2D eigenvalue weighted by Crippen LogP contribution is 2.32. The first-order valence-electron chi connectivity index (χ1n) is 8.22. The Labute approximate surface area is 148 Å². The lowest BCUT2D eigenvalue weighted by Crippen LogP contribution is -2.17. The Morgan fingerprint density at radius 2 is 1.96 bits per heavy atom. The van der Waals surface area contributed by atoms with Crippen molar-refractivity contribution >= 4 is 22.7 Å². The Morgan fingerprint density at radius 1 is 1.19 bits per heavy atom. The van der Waals surface area contributed by atoms with Crippen molar-refractivity contribution in [2.75, 3.05) is 0 Å². The van der Waals surface area contributed by atoms with Crippen LogP contribution in [0.4, 0.5) is 8.78 Å². The molecule has 0 aliphatic rings. The molecular weight excluding hydrogens is 340 g/mol. The molecule has 1 atom stereocenters. The number of hydrogen-bond acceptors (Lipinski definition) is 2. The van der Waals surface area contributed by atoms with Crippen LogP contribution >= 0.6 is 0 Å². The average Bonchev–Trinajstić information content (AvgIpc) is 3.03. The van der Waals surface area contributed by atoms with E-state index in [0.717, 1.165) is 28.6 Å². The van der Waals surface area contributed by atoms with Gasteiger partial charge in [-0.1, -0.05) is 19.1 Å². The fourth-order valence-electron chi connectivity index (χ4n) is 3.20. The lowest BCUT2D eigenvalue weighted by molar-refractivity contribution is -0.138. The standard InChI is InChI=1S/C20H17F2NO3/c1-2-11-4-3-5-17-19(11)15(10-23-17)14(20(25)26)9-18(24)13-7-6-12(21)8-16(13)22/h3-8,10,14,23H,2,9H2,1H3,(H,25,26). The Bertz CT molecular complexity index is 994. The number of nitrogens with one attached hydrogen (secondary N) is 1. The largest absolute Gasteiger partial charge is 0.481 e. The van der Waals surface area contributed by atoms with Gasteiger partial charge in [-0.25, -0.2) is 8.78 Å². The third-order valence-electron chi connectivity index (χ3n) is 4.50. The Hall–Kier alpha value is -3.02. The number of aromatic amines is 1. The van der Waals surface area contributed by atoms with Crippen molar-refractivity contribution in [2.45, 2.75) is 25.7 Å². The van der Waals surface area contributed by atoms with E-state index >= 15 is 0 Å². The van der Waals surface area contributed by atoms with Gasteiger partial charge < -0.3 is 10.1 Å². The molecule has 4 nitrogen and oxygen atoms in total. The molecule has 0 saturated heterocycles. The summed E-state index contributed by atoms with van der Waals surface area (Å²) in [6.07, 6.45) is 1.87. The number of aliphatic carboxylic acids is 1. The summed E-state index contributed by atoms with van der Waals surface area (Å²) in [6, 6.07) is 8.24. The molecule has 0 radical (unpaired) electrons. The highest BCUT2D eigenvalue weighted by Gasteiger charge is 2.28. The van der Waals surface area contributed by atoms with Crippen molar-refractivity contribution < 1.29 is 23.5 Å². The van der Waals surface area contributed by atoms with Gasteiger partial charge in [-0.15, -0.1) is 0 Å². The van der Waals surface area contributed by atoms with Crippen molar-refractivity contribution in [1.29, 1.82) is 0 Å². The molecule has 134 valence electrons. The van der Waals surface area contributed by atoms with E-state index in [4.69, 9.17) is 0 Å². The van der Waals surface area contributed by atoms with Crippen molar-refractivity contribution in [2.24, 2.45) is 0 Å². The molecule has 0 fully saturated rings. The number of benzene rings is 2. The van der Waals surface area contributed by atoms with E-state index in [1.807, 2.05) is 25.1 Å². The molecule has 0 bridgehead atoms. The van der Waals surface area contributed by atoms with E-state index in [1.54, 1.807) is 6.20 Å². The second-order valence-electron chi connectivity index (χ2n) is 6.08. The number of Topliss-reactive ketones (excluding diaryl/α,β-unsaturated/α-hetero) is 1. The number of carbonyl (C=O) groups excluding carboxylic acids is 1. The molecule has 1 heterocycles. The summed E-state index contributed by atoms with van der Waals surface area (Å²) in [5, 5.41) is 10.4. The van der Waals surface area contributed by atoms with Gasteiger partial charge in [0.2, 0.25) is 0 Å². The molecule has 2 N–H and O–H groups in total. The number of halogens is 2. The third-order valence-corrected chi connectivity index (χ3v) is 4.50. The number of hydrogen-bond donors (Lipinski definition) is 2. The predicted molar refractivity (Wildman–Crippen MR) is 93.4 cm³/mol. The second-order valence-corrected chi connectivity index (χ2v) is 6.08. The minimum atomic E-state index is -1.17. The van der Waals surface area contributed by atoms with Crippen LogP contribution in [0.25, 0.3) is 10.9 Å². The van der Waals surface area contributed by atoms with Crippen LogP contribution < -0.4 is 0 Å². The van der Waals surface area contributed by atoms with Gasteiger partial charge in [0.05, 0.1) is 11.5 Å². The van der Waals surface area contributed by atoms with Crippen LogP contribution in [0.1, 0.15) is 40.7 Å². The molecule has 6 heteroatoms. The van der Waals surface area contributed by atoms with Crippen LogP contribution in [-0.4, -0.2) is 21.8 Å². The van der Waals surface area contributed by atoms with Gasteiger partial charge >= 0.3 is 5.97 Å². The summed E-state index contributed by atoms with van der Waals surface area (Å²) in [6.45, 7) is 1.96. The molecule has 0 saturated carbocycles. The summed E-state index contributed by atoms with van der Waals surface area (Å²) in [5.41, 5.74) is 1.92. The summed E-state index contributed by atoms with van der Waals surface area (Å²) < 4.78 is 26.9. The first kappa shape index (κ1) is 17.8. The van der Waals surface area contributed by atoms with E-state index in [0.29, 0.717) is 18.1 Å². The van der Waals surface area contributed by atoms with Gasteiger partial charge in [0.15, 0.2) is 5.78 Å². The maximum absolute atomic E-state index is 13.9. The normalized spacial score (nSPS) is 12.3. The number of rotatable bonds is 6. The second kappa shape index (κ2) is 7.07. The first-order valence-corrected chi connectivity index (χ1v) is 8.22. The van der Waals surface area contributed by atoms with Crippen molar-refractivity contribution in [1.82, 2.24) is 4.98 Å². The minimum Gasteiger partial charge on any atom is -0.481 e. The van der Waals surface area contributed by atoms with Gasteiger partial charge in [0.25, 0.3) is 0 Å². The number of H-pyrrole nitrogens is 1. The van der Waals surface area contributed by atoms with Crippen LogP contribution in [0.3, 0.4) is 0 Å². The van der Waals surface area contributed by atoms with Crippen molar-refractivity contribution in [3.05, 3.63) is 70.9 Å². The SMILES string of the molecule is CCc1cccc2[nH]cc(C(CC(=O)c3ccc(F)cc3F)C(=O)O)c12. The fourth-order valence-corrected chi connectivity index (χ4v) is 3.20. The number of aromatic nitrogens is 1. The molecule has 2 aromatic carbocycles. The number of fused-ring (bicyclic) bond motifs is 1. The summed E-state index contributed by atoms with van der Waals surface area (Å²) in [7, 11) is 0. The topological polar surface area (TPSA) is 70.2 Å². The molecule has 26 heavy (non-hydrogen) atoms. The molecule has 3 rings (SSSR count). The summed E-state index contributed by atoms with van der Waals surface area (Å²) in [5.74, 6) is -4.77. The number of carboxylic acids is 1. The average molecular weight is 357 g/mol. The quantitative estimate of drug-likeness (QED) is 0.640. The lowest BCUT2D eigenvalue weighted by Gasteiger charge is -2.13. The van der Waals surface area contributed by atoms with E-state index in [9.17, 15) is 23.5 Å². The third kappa shape index (κ3) is 3.22. The van der Waals surface area contributed by atoms with E-state index in [1.165, 1.54) is 0 Å². The highest BCUT2D eigenvalue weighted by atomic mass is 19.1. The van der Waals surface area contributed by atoms with E-state index < -0.39 is 35.7 Å². The zero-order valence-electron chi connectivity index (χ0n) is 14.1. The highest BCUT2D eigenvalue weighted by molar-refractivity contribution is 6.01. The van der Waals surface area contributed by atoms with Crippen LogP contribution in [0.5, 0.6) is 0 Å². The van der Waals surface area contributed by atoms with Gasteiger partial charge in [-0.05, 0) is 35.7 Å².